The van der Waals surface area contributed by atoms with E-state index in [4.69, 9.17) is 14.2 Å². The molecule has 0 amide bonds. The van der Waals surface area contributed by atoms with E-state index in [1.807, 2.05) is 0 Å². The van der Waals surface area contributed by atoms with Crippen LogP contribution in [0.5, 0.6) is 0 Å². The smallest absolute Gasteiger partial charge is 0.305 e. The predicted octanol–water partition coefficient (Wildman–Crippen LogP) is 4.28. The van der Waals surface area contributed by atoms with Crippen LogP contribution in [0.2, 0.25) is 0 Å². The molecular weight excluding hydrogens is 308 g/mol. The molecule has 0 aromatic carbocycles. The predicted molar refractivity (Wildman–Crippen MR) is 94.8 cm³/mol. The molecular formula is C19H36O5. The summed E-state index contributed by atoms with van der Waals surface area (Å²) in [5.41, 5.74) is 0. The van der Waals surface area contributed by atoms with Gasteiger partial charge in [0.2, 0.25) is 0 Å². The monoisotopic (exact) mass is 344 g/mol. The van der Waals surface area contributed by atoms with E-state index in [0.29, 0.717) is 32.2 Å². The van der Waals surface area contributed by atoms with E-state index in [2.05, 4.69) is 13.8 Å². The quantitative estimate of drug-likeness (QED) is 0.309. The third kappa shape index (κ3) is 14.5. The minimum Gasteiger partial charge on any atom is -0.466 e. The summed E-state index contributed by atoms with van der Waals surface area (Å²) in [6.45, 7) is 5.88. The van der Waals surface area contributed by atoms with Crippen molar-refractivity contribution in [1.29, 1.82) is 0 Å². The van der Waals surface area contributed by atoms with Crippen LogP contribution in [0.4, 0.5) is 0 Å². The van der Waals surface area contributed by atoms with E-state index in [1.54, 1.807) is 7.11 Å². The highest BCUT2D eigenvalue weighted by molar-refractivity contribution is 5.72. The third-order valence-corrected chi connectivity index (χ3v) is 3.95. The Morgan fingerprint density at radius 2 is 1.46 bits per heavy atom. The fraction of sp³-hybridized carbons (Fsp3) is 0.895. The first-order chi connectivity index (χ1) is 11.6. The minimum atomic E-state index is -0.229. The van der Waals surface area contributed by atoms with Crippen molar-refractivity contribution in [3.05, 3.63) is 0 Å². The maximum atomic E-state index is 11.8. The molecule has 0 saturated carbocycles. The molecule has 5 heteroatoms. The summed E-state index contributed by atoms with van der Waals surface area (Å²) in [6.07, 6.45) is 8.36. The van der Waals surface area contributed by atoms with Crippen molar-refractivity contribution in [3.63, 3.8) is 0 Å². The number of hydrogen-bond acceptors (Lipinski definition) is 5. The lowest BCUT2D eigenvalue weighted by Crippen LogP contribution is -2.16. The molecule has 0 N–H and O–H groups in total. The molecule has 24 heavy (non-hydrogen) atoms. The number of carbonyl (C=O) groups excluding carboxylic acids is 2. The molecule has 0 saturated heterocycles. The fourth-order valence-corrected chi connectivity index (χ4v) is 2.36. The van der Waals surface area contributed by atoms with Crippen LogP contribution in [0.1, 0.15) is 78.1 Å². The Balaban J connectivity index is 3.76. The Bertz CT molecular complexity index is 309. The van der Waals surface area contributed by atoms with Crippen LogP contribution in [0.25, 0.3) is 0 Å². The average molecular weight is 344 g/mol. The van der Waals surface area contributed by atoms with Crippen molar-refractivity contribution in [3.8, 4) is 0 Å². The van der Waals surface area contributed by atoms with Crippen molar-refractivity contribution in [2.24, 2.45) is 5.92 Å². The second-order valence-electron chi connectivity index (χ2n) is 6.25. The molecule has 1 unspecified atom stereocenters. The normalized spacial score (nSPS) is 12.0. The zero-order valence-corrected chi connectivity index (χ0v) is 15.8. The lowest BCUT2D eigenvalue weighted by Gasteiger charge is -2.16. The number of hydrogen-bond donors (Lipinski definition) is 0. The Morgan fingerprint density at radius 1 is 0.792 bits per heavy atom. The van der Waals surface area contributed by atoms with Crippen molar-refractivity contribution in [1.82, 2.24) is 0 Å². The number of methoxy groups -OCH3 is 1. The first-order valence-electron chi connectivity index (χ1n) is 9.44. The standard InChI is InChI=1S/C19H36O5/c1-4-6-8-14-23-18(20)11-9-12-19(21)24-16-17(10-7-5-2)13-15-22-3/h17H,4-16H2,1-3H3. The van der Waals surface area contributed by atoms with Crippen LogP contribution in [0.3, 0.4) is 0 Å². The minimum absolute atomic E-state index is 0.222. The lowest BCUT2D eigenvalue weighted by molar-refractivity contribution is -0.146. The zero-order valence-electron chi connectivity index (χ0n) is 15.8. The molecule has 0 aliphatic rings. The van der Waals surface area contributed by atoms with Crippen LogP contribution < -0.4 is 0 Å². The average Bonchev–Trinajstić information content (AvgIpc) is 2.58. The van der Waals surface area contributed by atoms with Gasteiger partial charge in [-0.3, -0.25) is 9.59 Å². The molecule has 142 valence electrons. The highest BCUT2D eigenvalue weighted by Crippen LogP contribution is 2.14. The maximum absolute atomic E-state index is 11.8. The van der Waals surface area contributed by atoms with Crippen LogP contribution in [0.15, 0.2) is 0 Å². The summed E-state index contributed by atoms with van der Waals surface area (Å²) in [5, 5.41) is 0. The molecule has 1 atom stereocenters. The fourth-order valence-electron chi connectivity index (χ4n) is 2.36. The van der Waals surface area contributed by atoms with E-state index in [1.165, 1.54) is 0 Å². The van der Waals surface area contributed by atoms with Crippen molar-refractivity contribution in [2.75, 3.05) is 26.9 Å². The second-order valence-corrected chi connectivity index (χ2v) is 6.25. The summed E-state index contributed by atoms with van der Waals surface area (Å²) in [5.74, 6) is -0.0927. The molecule has 0 bridgehead atoms. The lowest BCUT2D eigenvalue weighted by atomic mass is 10.00. The van der Waals surface area contributed by atoms with Gasteiger partial charge in [0, 0.05) is 26.6 Å². The van der Waals surface area contributed by atoms with E-state index in [-0.39, 0.29) is 24.8 Å². The first kappa shape index (κ1) is 22.9. The summed E-state index contributed by atoms with van der Waals surface area (Å²) in [4.78, 5) is 23.3. The Kier molecular flexibility index (Phi) is 16.0. The highest BCUT2D eigenvalue weighted by atomic mass is 16.5. The van der Waals surface area contributed by atoms with Gasteiger partial charge in [0.15, 0.2) is 0 Å². The van der Waals surface area contributed by atoms with Gasteiger partial charge in [-0.15, -0.1) is 0 Å². The molecule has 0 aliphatic carbocycles. The molecule has 0 fully saturated rings. The number of esters is 2. The number of ether oxygens (including phenoxy) is 3. The summed E-state index contributed by atoms with van der Waals surface area (Å²) in [6, 6.07) is 0. The number of unbranched alkanes of at least 4 members (excludes halogenated alkanes) is 3. The van der Waals surface area contributed by atoms with Crippen LogP contribution in [-0.4, -0.2) is 38.9 Å². The van der Waals surface area contributed by atoms with Crippen molar-refractivity contribution >= 4 is 11.9 Å². The largest absolute Gasteiger partial charge is 0.466 e. The maximum Gasteiger partial charge on any atom is 0.305 e. The van der Waals surface area contributed by atoms with Gasteiger partial charge < -0.3 is 14.2 Å². The van der Waals surface area contributed by atoms with E-state index in [0.717, 1.165) is 44.9 Å². The van der Waals surface area contributed by atoms with Crippen LogP contribution >= 0.6 is 0 Å². The molecule has 0 spiro atoms. The first-order valence-corrected chi connectivity index (χ1v) is 9.44. The van der Waals surface area contributed by atoms with Gasteiger partial charge in [-0.05, 0) is 31.6 Å². The number of rotatable bonds is 16. The van der Waals surface area contributed by atoms with Crippen LogP contribution in [0, 0.1) is 5.92 Å². The SMILES string of the molecule is CCCCCOC(=O)CCCC(=O)OCC(CCCC)CCOC. The summed E-state index contributed by atoms with van der Waals surface area (Å²) in [7, 11) is 1.68. The van der Waals surface area contributed by atoms with Gasteiger partial charge >= 0.3 is 11.9 Å². The third-order valence-electron chi connectivity index (χ3n) is 3.95. The topological polar surface area (TPSA) is 61.8 Å². The molecule has 0 rings (SSSR count). The molecule has 0 aliphatic heterocycles. The molecule has 5 nitrogen and oxygen atoms in total. The van der Waals surface area contributed by atoms with E-state index < -0.39 is 0 Å². The van der Waals surface area contributed by atoms with Gasteiger partial charge in [-0.1, -0.05) is 39.5 Å². The molecule has 0 aromatic rings. The van der Waals surface area contributed by atoms with Gasteiger partial charge in [0.25, 0.3) is 0 Å². The molecule has 0 aromatic heterocycles. The Labute approximate surface area is 147 Å². The molecule has 0 heterocycles. The second kappa shape index (κ2) is 16.7. The van der Waals surface area contributed by atoms with Gasteiger partial charge in [-0.2, -0.15) is 0 Å². The van der Waals surface area contributed by atoms with Gasteiger partial charge in [0.05, 0.1) is 13.2 Å². The van der Waals surface area contributed by atoms with Crippen LogP contribution in [-0.2, 0) is 23.8 Å². The van der Waals surface area contributed by atoms with Crippen molar-refractivity contribution < 1.29 is 23.8 Å². The zero-order chi connectivity index (χ0) is 18.0. The Hall–Kier alpha value is -1.10. The summed E-state index contributed by atoms with van der Waals surface area (Å²) < 4.78 is 15.6. The van der Waals surface area contributed by atoms with Gasteiger partial charge in [-0.25, -0.2) is 0 Å². The number of carbonyl (C=O) groups is 2. The highest BCUT2D eigenvalue weighted by Gasteiger charge is 2.12. The van der Waals surface area contributed by atoms with E-state index in [9.17, 15) is 9.59 Å². The van der Waals surface area contributed by atoms with E-state index >= 15 is 0 Å². The molecule has 0 radical (unpaired) electrons. The van der Waals surface area contributed by atoms with Crippen molar-refractivity contribution in [2.45, 2.75) is 78.1 Å². The van der Waals surface area contributed by atoms with Gasteiger partial charge in [0.1, 0.15) is 0 Å². The summed E-state index contributed by atoms with van der Waals surface area (Å²) >= 11 is 0. The Morgan fingerprint density at radius 3 is 2.08 bits per heavy atom.